The number of benzene rings is 1. The number of methoxy groups -OCH3 is 1. The molecule has 2 rings (SSSR count). The third kappa shape index (κ3) is 2.38. The Morgan fingerprint density at radius 1 is 1.00 bits per heavy atom. The van der Waals surface area contributed by atoms with Gasteiger partial charge in [0, 0.05) is 11.1 Å². The van der Waals surface area contributed by atoms with E-state index in [-0.39, 0.29) is 16.9 Å². The molecule has 0 saturated heterocycles. The molecule has 4 heteroatoms. The molecule has 0 fully saturated rings. The van der Waals surface area contributed by atoms with E-state index in [0.717, 1.165) is 6.08 Å². The lowest BCUT2D eigenvalue weighted by Crippen LogP contribution is -2.20. The third-order valence-electron chi connectivity index (χ3n) is 2.96. The van der Waals surface area contributed by atoms with Crippen LogP contribution in [0.1, 0.15) is 17.3 Å². The highest BCUT2D eigenvalue weighted by atomic mass is 16.5. The first kappa shape index (κ1) is 13.0. The Hall–Kier alpha value is -2.49. The molecular formula is C15H12O4. The number of Topliss-reactive ketones (excluding diaryl/α,β-unsaturated/α-hetero) is 1. The van der Waals surface area contributed by atoms with Gasteiger partial charge in [-0.15, -0.1) is 0 Å². The SMILES string of the molecule is COc1ccc(C(=O)C2=C(C)C(=O)C=CC2=O)cc1. The van der Waals surface area contributed by atoms with Gasteiger partial charge < -0.3 is 4.74 Å². The zero-order chi connectivity index (χ0) is 14.0. The van der Waals surface area contributed by atoms with E-state index in [1.807, 2.05) is 0 Å². The summed E-state index contributed by atoms with van der Waals surface area (Å²) in [4.78, 5) is 35.5. The monoisotopic (exact) mass is 256 g/mol. The van der Waals surface area contributed by atoms with E-state index < -0.39 is 11.6 Å². The molecule has 96 valence electrons. The van der Waals surface area contributed by atoms with Crippen molar-refractivity contribution in [3.63, 3.8) is 0 Å². The van der Waals surface area contributed by atoms with Gasteiger partial charge in [-0.05, 0) is 43.3 Å². The molecule has 1 aromatic rings. The Morgan fingerprint density at radius 3 is 2.16 bits per heavy atom. The fourth-order valence-corrected chi connectivity index (χ4v) is 1.84. The van der Waals surface area contributed by atoms with Gasteiger partial charge in [0.2, 0.25) is 0 Å². The molecule has 0 amide bonds. The van der Waals surface area contributed by atoms with Crippen molar-refractivity contribution in [3.05, 3.63) is 53.1 Å². The molecule has 0 heterocycles. The molecule has 0 N–H and O–H groups in total. The smallest absolute Gasteiger partial charge is 0.197 e. The van der Waals surface area contributed by atoms with Crippen molar-refractivity contribution in [2.45, 2.75) is 6.92 Å². The van der Waals surface area contributed by atoms with Gasteiger partial charge in [0.1, 0.15) is 5.75 Å². The van der Waals surface area contributed by atoms with Gasteiger partial charge in [-0.3, -0.25) is 14.4 Å². The summed E-state index contributed by atoms with van der Waals surface area (Å²) in [5.41, 5.74) is 0.484. The molecule has 0 aromatic heterocycles. The highest BCUT2D eigenvalue weighted by molar-refractivity contribution is 6.35. The second kappa shape index (κ2) is 5.02. The molecule has 0 atom stereocenters. The van der Waals surface area contributed by atoms with Crippen LogP contribution < -0.4 is 4.74 Å². The highest BCUT2D eigenvalue weighted by Gasteiger charge is 2.26. The van der Waals surface area contributed by atoms with Gasteiger partial charge in [-0.1, -0.05) is 0 Å². The van der Waals surface area contributed by atoms with Gasteiger partial charge in [0.25, 0.3) is 0 Å². The van der Waals surface area contributed by atoms with E-state index in [4.69, 9.17) is 4.74 Å². The normalized spacial score (nSPS) is 14.8. The average Bonchev–Trinajstić information content (AvgIpc) is 2.43. The predicted octanol–water partition coefficient (Wildman–Crippen LogP) is 1.90. The second-order valence-electron chi connectivity index (χ2n) is 4.12. The second-order valence-corrected chi connectivity index (χ2v) is 4.12. The average molecular weight is 256 g/mol. The molecular weight excluding hydrogens is 244 g/mol. The van der Waals surface area contributed by atoms with E-state index in [9.17, 15) is 14.4 Å². The number of carbonyl (C=O) groups excluding carboxylic acids is 3. The molecule has 0 spiro atoms. The molecule has 0 saturated carbocycles. The Kier molecular flexibility index (Phi) is 3.42. The summed E-state index contributed by atoms with van der Waals surface area (Å²) in [6.07, 6.45) is 2.31. The molecule has 0 radical (unpaired) electrons. The zero-order valence-corrected chi connectivity index (χ0v) is 10.6. The van der Waals surface area contributed by atoms with Crippen molar-refractivity contribution in [2.75, 3.05) is 7.11 Å². The summed E-state index contributed by atoms with van der Waals surface area (Å²) >= 11 is 0. The summed E-state index contributed by atoms with van der Waals surface area (Å²) in [6.45, 7) is 1.49. The predicted molar refractivity (Wildman–Crippen MR) is 69.2 cm³/mol. The van der Waals surface area contributed by atoms with Crippen molar-refractivity contribution < 1.29 is 19.1 Å². The van der Waals surface area contributed by atoms with Crippen LogP contribution in [0, 0.1) is 0 Å². The number of allylic oxidation sites excluding steroid dienone is 4. The topological polar surface area (TPSA) is 60.4 Å². The van der Waals surface area contributed by atoms with Crippen LogP contribution in [0.15, 0.2) is 47.6 Å². The Bertz CT molecular complexity index is 618. The first-order valence-corrected chi connectivity index (χ1v) is 5.71. The standard InChI is InChI=1S/C15H12O4/c1-9-12(16)7-8-13(17)14(9)15(18)10-3-5-11(19-2)6-4-10/h3-8H,1-2H3. The van der Waals surface area contributed by atoms with Crippen LogP contribution in [0.4, 0.5) is 0 Å². The van der Waals surface area contributed by atoms with Crippen LogP contribution >= 0.6 is 0 Å². The number of rotatable bonds is 3. The Labute approximate surface area is 110 Å². The minimum Gasteiger partial charge on any atom is -0.497 e. The molecule has 1 aliphatic rings. The summed E-state index contributed by atoms with van der Waals surface area (Å²) in [5, 5.41) is 0. The Balaban J connectivity index is 2.40. The number of hydrogen-bond donors (Lipinski definition) is 0. The van der Waals surface area contributed by atoms with Gasteiger partial charge in [0.15, 0.2) is 17.3 Å². The number of ketones is 3. The molecule has 1 aromatic carbocycles. The minimum absolute atomic E-state index is 0.0577. The highest BCUT2D eigenvalue weighted by Crippen LogP contribution is 2.20. The molecule has 19 heavy (non-hydrogen) atoms. The molecule has 0 aliphatic heterocycles. The van der Waals surface area contributed by atoms with E-state index in [1.165, 1.54) is 20.1 Å². The van der Waals surface area contributed by atoms with E-state index in [1.54, 1.807) is 24.3 Å². The van der Waals surface area contributed by atoms with E-state index in [0.29, 0.717) is 11.3 Å². The van der Waals surface area contributed by atoms with Crippen molar-refractivity contribution in [1.29, 1.82) is 0 Å². The first-order valence-electron chi connectivity index (χ1n) is 5.71. The lowest BCUT2D eigenvalue weighted by atomic mass is 9.90. The van der Waals surface area contributed by atoms with E-state index in [2.05, 4.69) is 0 Å². The largest absolute Gasteiger partial charge is 0.497 e. The molecule has 4 nitrogen and oxygen atoms in total. The fourth-order valence-electron chi connectivity index (χ4n) is 1.84. The van der Waals surface area contributed by atoms with Crippen LogP contribution in [0.5, 0.6) is 5.75 Å². The van der Waals surface area contributed by atoms with Crippen LogP contribution in [0.3, 0.4) is 0 Å². The Morgan fingerprint density at radius 2 is 1.58 bits per heavy atom. The van der Waals surface area contributed by atoms with Gasteiger partial charge >= 0.3 is 0 Å². The minimum atomic E-state index is -0.442. The van der Waals surface area contributed by atoms with Crippen molar-refractivity contribution >= 4 is 17.3 Å². The molecule has 0 unspecified atom stereocenters. The van der Waals surface area contributed by atoms with Crippen LogP contribution in [0.25, 0.3) is 0 Å². The maximum atomic E-state index is 12.3. The van der Waals surface area contributed by atoms with Gasteiger partial charge in [-0.2, -0.15) is 0 Å². The van der Waals surface area contributed by atoms with Crippen molar-refractivity contribution in [2.24, 2.45) is 0 Å². The van der Waals surface area contributed by atoms with Gasteiger partial charge in [0.05, 0.1) is 12.7 Å². The van der Waals surface area contributed by atoms with Crippen molar-refractivity contribution in [1.82, 2.24) is 0 Å². The molecule has 1 aliphatic carbocycles. The summed E-state index contributed by atoms with van der Waals surface area (Å²) in [6, 6.07) is 6.40. The number of carbonyl (C=O) groups is 3. The number of hydrogen-bond acceptors (Lipinski definition) is 4. The molecule has 0 bridgehead atoms. The van der Waals surface area contributed by atoms with Crippen LogP contribution in [0.2, 0.25) is 0 Å². The fraction of sp³-hybridized carbons (Fsp3) is 0.133. The lowest BCUT2D eigenvalue weighted by molar-refractivity contribution is -0.115. The van der Waals surface area contributed by atoms with Crippen LogP contribution in [-0.2, 0) is 9.59 Å². The van der Waals surface area contributed by atoms with Crippen molar-refractivity contribution in [3.8, 4) is 5.75 Å². The summed E-state index contributed by atoms with van der Waals surface area (Å²) < 4.78 is 5.00. The van der Waals surface area contributed by atoms with Gasteiger partial charge in [-0.25, -0.2) is 0 Å². The first-order chi connectivity index (χ1) is 9.04. The quantitative estimate of drug-likeness (QED) is 0.471. The maximum Gasteiger partial charge on any atom is 0.197 e. The maximum absolute atomic E-state index is 12.3. The summed E-state index contributed by atoms with van der Waals surface area (Å²) in [7, 11) is 1.53. The van der Waals surface area contributed by atoms with Crippen LogP contribution in [-0.4, -0.2) is 24.5 Å². The third-order valence-corrected chi connectivity index (χ3v) is 2.96. The zero-order valence-electron chi connectivity index (χ0n) is 10.6. The lowest BCUT2D eigenvalue weighted by Gasteiger charge is -2.10. The van der Waals surface area contributed by atoms with E-state index >= 15 is 0 Å². The summed E-state index contributed by atoms with van der Waals surface area (Å²) in [5.74, 6) is -0.564. The number of ether oxygens (including phenoxy) is 1.